The lowest BCUT2D eigenvalue weighted by Gasteiger charge is -2.41. The molecule has 2 aliphatic rings. The minimum atomic E-state index is -0.350. The Labute approximate surface area is 231 Å². The molecule has 0 aliphatic carbocycles. The minimum Gasteiger partial charge on any atom is -0.493 e. The predicted molar refractivity (Wildman–Crippen MR) is 149 cm³/mol. The summed E-state index contributed by atoms with van der Waals surface area (Å²) < 4.78 is 29.0. The number of piperazine rings is 1. The Balaban J connectivity index is 1.31. The number of morpholine rings is 1. The molecule has 6 heterocycles. The van der Waals surface area contributed by atoms with Crippen molar-refractivity contribution in [1.29, 1.82) is 0 Å². The highest BCUT2D eigenvalue weighted by Gasteiger charge is 2.32. The van der Waals surface area contributed by atoms with Crippen LogP contribution >= 0.6 is 0 Å². The lowest BCUT2D eigenvalue weighted by atomic mass is 9.96. The van der Waals surface area contributed by atoms with E-state index in [4.69, 9.17) is 9.47 Å². The largest absolute Gasteiger partial charge is 0.493 e. The number of H-pyrrole nitrogens is 1. The Hall–Kier alpha value is -3.77. The van der Waals surface area contributed by atoms with Gasteiger partial charge in [-0.1, -0.05) is 13.8 Å². The number of aromatic amines is 1. The Morgan fingerprint density at radius 2 is 2.02 bits per heavy atom. The van der Waals surface area contributed by atoms with Crippen molar-refractivity contribution >= 4 is 28.3 Å². The number of nitrogens with zero attached hydrogens (tertiary/aromatic N) is 7. The van der Waals surface area contributed by atoms with E-state index in [2.05, 4.69) is 38.8 Å². The molecule has 12 heteroatoms. The van der Waals surface area contributed by atoms with E-state index in [0.717, 1.165) is 29.9 Å². The van der Waals surface area contributed by atoms with E-state index in [1.807, 2.05) is 29.0 Å². The summed E-state index contributed by atoms with van der Waals surface area (Å²) in [6.07, 6.45) is 5.04. The van der Waals surface area contributed by atoms with Crippen LogP contribution in [-0.2, 0) is 9.53 Å². The maximum absolute atomic E-state index is 16.4. The van der Waals surface area contributed by atoms with E-state index in [1.165, 1.54) is 6.33 Å². The third kappa shape index (κ3) is 4.64. The number of pyridine rings is 2. The normalized spacial score (nSPS) is 18.8. The molecule has 40 heavy (non-hydrogen) atoms. The average molecular weight is 551 g/mol. The van der Waals surface area contributed by atoms with Gasteiger partial charge < -0.3 is 24.3 Å². The molecule has 0 saturated carbocycles. The molecule has 0 bridgehead atoms. The molecular weight excluding hydrogens is 515 g/mol. The number of carbonyl (C=O) groups excluding carboxylic acids is 1. The zero-order valence-electron chi connectivity index (χ0n) is 23.4. The second kappa shape index (κ2) is 10.7. The number of amides is 1. The third-order valence-corrected chi connectivity index (χ3v) is 7.94. The maximum atomic E-state index is 16.4. The highest BCUT2D eigenvalue weighted by molar-refractivity contribution is 5.93. The second-order valence-electron chi connectivity index (χ2n) is 10.8. The van der Waals surface area contributed by atoms with Gasteiger partial charge in [-0.15, -0.1) is 0 Å². The van der Waals surface area contributed by atoms with E-state index in [-0.39, 0.29) is 23.7 Å². The van der Waals surface area contributed by atoms with Crippen LogP contribution in [0.1, 0.15) is 32.3 Å². The van der Waals surface area contributed by atoms with Crippen LogP contribution in [0.25, 0.3) is 27.8 Å². The summed E-state index contributed by atoms with van der Waals surface area (Å²) in [6, 6.07) is 1.81. The number of hydrogen-bond donors (Lipinski definition) is 1. The number of rotatable bonds is 6. The number of carbonyl (C=O) groups is 1. The molecule has 2 aliphatic heterocycles. The summed E-state index contributed by atoms with van der Waals surface area (Å²) >= 11 is 0. The Morgan fingerprint density at radius 3 is 2.75 bits per heavy atom. The smallest absolute Gasteiger partial charge is 0.236 e. The van der Waals surface area contributed by atoms with Crippen molar-refractivity contribution in [3.05, 3.63) is 36.2 Å². The fourth-order valence-corrected chi connectivity index (χ4v) is 5.90. The minimum absolute atomic E-state index is 0.0259. The third-order valence-electron chi connectivity index (χ3n) is 7.94. The molecule has 212 valence electrons. The summed E-state index contributed by atoms with van der Waals surface area (Å²) in [6.45, 7) is 10.9. The molecule has 1 unspecified atom stereocenters. The van der Waals surface area contributed by atoms with Crippen LogP contribution in [0.4, 0.5) is 10.2 Å². The molecule has 1 N–H and O–H groups in total. The van der Waals surface area contributed by atoms with Gasteiger partial charge in [0.05, 0.1) is 44.3 Å². The van der Waals surface area contributed by atoms with Crippen LogP contribution in [0.2, 0.25) is 0 Å². The second-order valence-corrected chi connectivity index (χ2v) is 10.8. The zero-order valence-corrected chi connectivity index (χ0v) is 23.4. The molecule has 4 aromatic heterocycles. The van der Waals surface area contributed by atoms with Crippen molar-refractivity contribution in [2.45, 2.75) is 32.7 Å². The van der Waals surface area contributed by atoms with Crippen molar-refractivity contribution in [2.24, 2.45) is 0 Å². The summed E-state index contributed by atoms with van der Waals surface area (Å²) in [4.78, 5) is 31.2. The number of hydrogen-bond acceptors (Lipinski definition) is 8. The summed E-state index contributed by atoms with van der Waals surface area (Å²) in [7, 11) is 1.59. The van der Waals surface area contributed by atoms with Gasteiger partial charge in [-0.25, -0.2) is 18.9 Å². The highest BCUT2D eigenvalue weighted by Crippen LogP contribution is 2.40. The first-order valence-corrected chi connectivity index (χ1v) is 13.8. The van der Waals surface area contributed by atoms with Crippen molar-refractivity contribution in [3.8, 4) is 17.0 Å². The van der Waals surface area contributed by atoms with Crippen molar-refractivity contribution in [3.63, 3.8) is 0 Å². The number of nitrogens with one attached hydrogen (secondary N) is 1. The van der Waals surface area contributed by atoms with Crippen LogP contribution in [0.15, 0.2) is 24.8 Å². The van der Waals surface area contributed by atoms with Gasteiger partial charge in [0, 0.05) is 55.9 Å². The molecule has 2 fully saturated rings. The highest BCUT2D eigenvalue weighted by atomic mass is 19.1. The number of fused-ring (bicyclic) bond motifs is 2. The fourth-order valence-electron chi connectivity index (χ4n) is 5.90. The molecule has 1 amide bonds. The number of halogens is 1. The van der Waals surface area contributed by atoms with Gasteiger partial charge in [-0.2, -0.15) is 5.10 Å². The first kappa shape index (κ1) is 26.5. The van der Waals surface area contributed by atoms with Crippen molar-refractivity contribution in [1.82, 2.24) is 34.4 Å². The van der Waals surface area contributed by atoms with Crippen LogP contribution < -0.4 is 9.64 Å². The van der Waals surface area contributed by atoms with Crippen molar-refractivity contribution < 1.29 is 18.7 Å². The van der Waals surface area contributed by atoms with Crippen LogP contribution in [0.3, 0.4) is 0 Å². The molecular formula is C28H35FN8O3. The number of methoxy groups -OCH3 is 1. The lowest BCUT2D eigenvalue weighted by molar-refractivity contribution is -0.134. The van der Waals surface area contributed by atoms with Gasteiger partial charge >= 0.3 is 0 Å². The first-order valence-electron chi connectivity index (χ1n) is 13.8. The number of aromatic nitrogens is 5. The zero-order chi connectivity index (χ0) is 28.0. The monoisotopic (exact) mass is 550 g/mol. The quantitative estimate of drug-likeness (QED) is 0.391. The first-order chi connectivity index (χ1) is 19.4. The van der Waals surface area contributed by atoms with E-state index in [0.29, 0.717) is 67.5 Å². The molecule has 11 nitrogen and oxygen atoms in total. The molecule has 1 atom stereocenters. The van der Waals surface area contributed by atoms with E-state index < -0.39 is 0 Å². The number of ether oxygens (including phenoxy) is 2. The van der Waals surface area contributed by atoms with Crippen molar-refractivity contribution in [2.75, 3.05) is 64.5 Å². The molecule has 4 aromatic rings. The van der Waals surface area contributed by atoms with E-state index in [1.54, 1.807) is 17.8 Å². The van der Waals surface area contributed by atoms with Crippen LogP contribution in [0.5, 0.6) is 5.75 Å². The Morgan fingerprint density at radius 1 is 1.23 bits per heavy atom. The van der Waals surface area contributed by atoms with Crippen LogP contribution in [-0.4, -0.2) is 106 Å². The summed E-state index contributed by atoms with van der Waals surface area (Å²) in [5.74, 6) is 0.680. The molecule has 0 aromatic carbocycles. The maximum Gasteiger partial charge on any atom is 0.236 e. The lowest BCUT2D eigenvalue weighted by Crippen LogP contribution is -2.56. The van der Waals surface area contributed by atoms with Crippen LogP contribution in [0, 0.1) is 5.82 Å². The van der Waals surface area contributed by atoms with Gasteiger partial charge in [0.1, 0.15) is 6.33 Å². The Kier molecular flexibility index (Phi) is 7.05. The fraction of sp³-hybridized carbons (Fsp3) is 0.500. The topological polar surface area (TPSA) is 104 Å². The van der Waals surface area contributed by atoms with Gasteiger partial charge in [0.15, 0.2) is 23.0 Å². The molecule has 2 saturated heterocycles. The van der Waals surface area contributed by atoms with Gasteiger partial charge in [0.2, 0.25) is 5.91 Å². The average Bonchev–Trinajstić information content (AvgIpc) is 3.59. The Bertz CT molecular complexity index is 1540. The van der Waals surface area contributed by atoms with Gasteiger partial charge in [-0.05, 0) is 24.5 Å². The summed E-state index contributed by atoms with van der Waals surface area (Å²) in [5.41, 5.74) is 3.72. The summed E-state index contributed by atoms with van der Waals surface area (Å²) in [5, 5.41) is 4.81. The molecule has 6 rings (SSSR count). The van der Waals surface area contributed by atoms with Gasteiger partial charge in [0.25, 0.3) is 0 Å². The number of anilines is 1. The molecule has 0 spiro atoms. The molecule has 0 radical (unpaired) electrons. The van der Waals surface area contributed by atoms with E-state index >= 15 is 4.39 Å². The predicted octanol–water partition coefficient (Wildman–Crippen LogP) is 2.91. The van der Waals surface area contributed by atoms with E-state index in [9.17, 15) is 4.79 Å². The SMILES string of the molecule is COc1cc(-c2[nH]c3cnc(N4CCN(C(=O)CN5CCOCC5)CC4C)c(F)c3c2C(C)C)cn2ncnc12. The standard InChI is InChI=1S/C28H35FN8O3/c1-17(2)23-24-20(33-26(23)19-11-21(39-4)27-31-16-32-37(27)14-19)12-30-28(25(24)29)36-6-5-35(13-18(36)3)22(38)15-34-7-9-40-10-8-34/h11-12,14,16-18,33H,5-10,13,15H2,1-4H3. The van der Waals surface area contributed by atoms with Gasteiger partial charge in [-0.3, -0.25) is 9.69 Å².